The molecule has 1 aromatic rings. The summed E-state index contributed by atoms with van der Waals surface area (Å²) in [6.45, 7) is 0.156. The topological polar surface area (TPSA) is 118 Å². The Balaban J connectivity index is 0.000000344. The van der Waals surface area contributed by atoms with Gasteiger partial charge in [0.2, 0.25) is 0 Å². The Morgan fingerprint density at radius 1 is 1.11 bits per heavy atom. The minimum absolute atomic E-state index is 0.0104. The number of aromatic hydroxyl groups is 1. The van der Waals surface area contributed by atoms with Gasteiger partial charge in [0.15, 0.2) is 0 Å². The van der Waals surface area contributed by atoms with Crippen molar-refractivity contribution < 1.29 is 30.3 Å². The second-order valence-corrected chi connectivity index (χ2v) is 3.92. The number of carbonyl (C=O) groups is 1. The molecule has 0 unspecified atom stereocenters. The third-order valence-electron chi connectivity index (χ3n) is 2.42. The molecule has 0 aliphatic carbocycles. The number of hydrogen-bond acceptors (Lipinski definition) is 5. The summed E-state index contributed by atoms with van der Waals surface area (Å²) in [4.78, 5) is 10.3. The molecule has 1 aromatic carbocycles. The third-order valence-corrected chi connectivity index (χ3v) is 2.42. The molecule has 108 valence electrons. The van der Waals surface area contributed by atoms with E-state index in [1.54, 1.807) is 12.1 Å². The number of carboxylic acid groups (broad SMARTS) is 1. The number of hydrogen-bond donors (Lipinski definition) is 5. The highest BCUT2D eigenvalue weighted by atomic mass is 16.4. The molecule has 0 aliphatic heterocycles. The van der Waals surface area contributed by atoms with E-state index in [1.165, 1.54) is 12.1 Å². The standard InChI is InChI=1S/C7H6O3.C6H14O3/c8-6-4-2-1-3-5(6)7(9)10;7-3-1-2-6(4-8)5-9/h1-4,8H,(H,9,10);6-9H,1-5H2. The monoisotopic (exact) mass is 272 g/mol. The largest absolute Gasteiger partial charge is 0.507 e. The second-order valence-electron chi connectivity index (χ2n) is 3.92. The number of aliphatic hydroxyl groups excluding tert-OH is 3. The third kappa shape index (κ3) is 7.40. The van der Waals surface area contributed by atoms with Crippen LogP contribution in [0.1, 0.15) is 23.2 Å². The van der Waals surface area contributed by atoms with Gasteiger partial charge in [0.05, 0.1) is 0 Å². The second kappa shape index (κ2) is 10.3. The van der Waals surface area contributed by atoms with E-state index in [4.69, 9.17) is 25.5 Å². The molecule has 6 heteroatoms. The number of phenols is 1. The van der Waals surface area contributed by atoms with Crippen LogP contribution >= 0.6 is 0 Å². The molecule has 6 nitrogen and oxygen atoms in total. The summed E-state index contributed by atoms with van der Waals surface area (Å²) in [7, 11) is 0. The quantitative estimate of drug-likeness (QED) is 0.513. The van der Waals surface area contributed by atoms with Gasteiger partial charge in [0.1, 0.15) is 11.3 Å². The Kier molecular flexibility index (Phi) is 9.42. The first-order valence-corrected chi connectivity index (χ1v) is 5.90. The van der Waals surface area contributed by atoms with Gasteiger partial charge in [0, 0.05) is 25.7 Å². The summed E-state index contributed by atoms with van der Waals surface area (Å²) in [5.74, 6) is -1.36. The zero-order valence-corrected chi connectivity index (χ0v) is 10.6. The fraction of sp³-hybridized carbons (Fsp3) is 0.462. The van der Waals surface area contributed by atoms with E-state index in [0.29, 0.717) is 12.8 Å². The van der Waals surface area contributed by atoms with E-state index in [0.717, 1.165) is 0 Å². The van der Waals surface area contributed by atoms with Crippen molar-refractivity contribution in [1.82, 2.24) is 0 Å². The molecule has 1 rings (SSSR count). The van der Waals surface area contributed by atoms with E-state index in [9.17, 15) is 4.79 Å². The van der Waals surface area contributed by atoms with Gasteiger partial charge < -0.3 is 25.5 Å². The minimum Gasteiger partial charge on any atom is -0.507 e. The van der Waals surface area contributed by atoms with Crippen molar-refractivity contribution >= 4 is 5.97 Å². The number of rotatable bonds is 6. The summed E-state index contributed by atoms with van der Waals surface area (Å²) in [6, 6.07) is 5.81. The lowest BCUT2D eigenvalue weighted by Crippen LogP contribution is -2.11. The van der Waals surface area contributed by atoms with Gasteiger partial charge in [-0.15, -0.1) is 0 Å². The molecular weight excluding hydrogens is 252 g/mol. The molecule has 19 heavy (non-hydrogen) atoms. The average Bonchev–Trinajstić information content (AvgIpc) is 2.41. The van der Waals surface area contributed by atoms with Gasteiger partial charge in [-0.05, 0) is 25.0 Å². The lowest BCUT2D eigenvalue weighted by atomic mass is 10.1. The highest BCUT2D eigenvalue weighted by molar-refractivity contribution is 5.90. The van der Waals surface area contributed by atoms with Crippen molar-refractivity contribution in [2.45, 2.75) is 12.8 Å². The van der Waals surface area contributed by atoms with Gasteiger partial charge in [-0.1, -0.05) is 12.1 Å². The molecule has 0 atom stereocenters. The Morgan fingerprint density at radius 2 is 1.68 bits per heavy atom. The fourth-order valence-electron chi connectivity index (χ4n) is 1.27. The van der Waals surface area contributed by atoms with Gasteiger partial charge in [-0.3, -0.25) is 0 Å². The smallest absolute Gasteiger partial charge is 0.339 e. The molecule has 0 heterocycles. The Labute approximate surface area is 111 Å². The number of aromatic carboxylic acids is 1. The predicted octanol–water partition coefficient (Wildman–Crippen LogP) is 0.450. The van der Waals surface area contributed by atoms with Crippen molar-refractivity contribution in [3.05, 3.63) is 29.8 Å². The van der Waals surface area contributed by atoms with E-state index in [2.05, 4.69) is 0 Å². The van der Waals surface area contributed by atoms with Crippen LogP contribution in [0.4, 0.5) is 0 Å². The molecule has 0 radical (unpaired) electrons. The maximum atomic E-state index is 10.3. The molecule has 0 saturated carbocycles. The summed E-state index contributed by atoms with van der Waals surface area (Å²) in [5, 5.41) is 42.7. The molecule has 0 bridgehead atoms. The molecular formula is C13H20O6. The Bertz CT molecular complexity index is 362. The van der Waals surface area contributed by atoms with Crippen molar-refractivity contribution in [1.29, 1.82) is 0 Å². The van der Waals surface area contributed by atoms with Crippen molar-refractivity contribution in [2.75, 3.05) is 19.8 Å². The SMILES string of the molecule is O=C(O)c1ccccc1O.OCCCC(CO)CO. The van der Waals surface area contributed by atoms with Crippen LogP contribution in [0.15, 0.2) is 24.3 Å². The van der Waals surface area contributed by atoms with Crippen molar-refractivity contribution in [2.24, 2.45) is 5.92 Å². The lowest BCUT2D eigenvalue weighted by Gasteiger charge is -2.07. The zero-order valence-electron chi connectivity index (χ0n) is 10.6. The summed E-state index contributed by atoms with van der Waals surface area (Å²) < 4.78 is 0. The average molecular weight is 272 g/mol. The summed E-state index contributed by atoms with van der Waals surface area (Å²) in [6.07, 6.45) is 1.36. The molecule has 0 fully saturated rings. The zero-order chi connectivity index (χ0) is 14.7. The predicted molar refractivity (Wildman–Crippen MR) is 69.0 cm³/mol. The molecule has 0 aromatic heterocycles. The normalized spacial score (nSPS) is 9.89. The van der Waals surface area contributed by atoms with Crippen molar-refractivity contribution in [3.8, 4) is 5.75 Å². The van der Waals surface area contributed by atoms with Crippen LogP contribution in [-0.4, -0.2) is 51.3 Å². The van der Waals surface area contributed by atoms with Gasteiger partial charge in [-0.25, -0.2) is 4.79 Å². The van der Waals surface area contributed by atoms with E-state index < -0.39 is 5.97 Å². The lowest BCUT2D eigenvalue weighted by molar-refractivity contribution is 0.0693. The van der Waals surface area contributed by atoms with E-state index >= 15 is 0 Å². The number of carboxylic acids is 1. The van der Waals surface area contributed by atoms with Crippen molar-refractivity contribution in [3.63, 3.8) is 0 Å². The van der Waals surface area contributed by atoms with Crippen LogP contribution < -0.4 is 0 Å². The Hall–Kier alpha value is -1.63. The van der Waals surface area contributed by atoms with Crippen LogP contribution in [0.3, 0.4) is 0 Å². The van der Waals surface area contributed by atoms with E-state index in [-0.39, 0.29) is 37.1 Å². The van der Waals surface area contributed by atoms with Crippen LogP contribution in [0.2, 0.25) is 0 Å². The van der Waals surface area contributed by atoms with Crippen LogP contribution in [-0.2, 0) is 0 Å². The maximum absolute atomic E-state index is 10.3. The van der Waals surface area contributed by atoms with Gasteiger partial charge in [0.25, 0.3) is 0 Å². The number of para-hydroxylation sites is 1. The van der Waals surface area contributed by atoms with E-state index in [1.807, 2.05) is 0 Å². The number of aliphatic hydroxyl groups is 3. The highest BCUT2D eigenvalue weighted by Crippen LogP contribution is 2.14. The van der Waals surface area contributed by atoms with Gasteiger partial charge in [-0.2, -0.15) is 0 Å². The van der Waals surface area contributed by atoms with Crippen LogP contribution in [0.25, 0.3) is 0 Å². The maximum Gasteiger partial charge on any atom is 0.339 e. The highest BCUT2D eigenvalue weighted by Gasteiger charge is 2.05. The summed E-state index contributed by atoms with van der Waals surface area (Å²) in [5.41, 5.74) is -0.0671. The molecule has 0 amide bonds. The first-order chi connectivity index (χ1) is 9.06. The van der Waals surface area contributed by atoms with Crippen LogP contribution in [0, 0.1) is 5.92 Å². The summed E-state index contributed by atoms with van der Waals surface area (Å²) >= 11 is 0. The fourth-order valence-corrected chi connectivity index (χ4v) is 1.27. The molecule has 5 N–H and O–H groups in total. The first kappa shape index (κ1) is 17.4. The number of benzene rings is 1. The Morgan fingerprint density at radius 3 is 2.05 bits per heavy atom. The van der Waals surface area contributed by atoms with Crippen LogP contribution in [0.5, 0.6) is 5.75 Å². The van der Waals surface area contributed by atoms with Gasteiger partial charge >= 0.3 is 5.97 Å². The molecule has 0 aliphatic rings. The molecule has 0 spiro atoms. The minimum atomic E-state index is -1.11. The first-order valence-electron chi connectivity index (χ1n) is 5.90. The molecule has 0 saturated heterocycles.